The van der Waals surface area contributed by atoms with E-state index in [4.69, 9.17) is 9.84 Å². The highest BCUT2D eigenvalue weighted by molar-refractivity contribution is 7.09. The second-order valence-electron chi connectivity index (χ2n) is 3.17. The van der Waals surface area contributed by atoms with Crippen molar-refractivity contribution in [2.75, 3.05) is 6.61 Å². The van der Waals surface area contributed by atoms with Crippen LogP contribution in [0.15, 0.2) is 41.8 Å². The lowest BCUT2D eigenvalue weighted by Gasteiger charge is -2.04. The van der Waals surface area contributed by atoms with Crippen LogP contribution in [0.2, 0.25) is 0 Å². The maximum atomic E-state index is 9.08. The SMILES string of the molecule is Oc1ccc(OCCc2cccs2)cc1. The number of benzene rings is 1. The summed E-state index contributed by atoms with van der Waals surface area (Å²) >= 11 is 1.74. The number of hydrogen-bond acceptors (Lipinski definition) is 3. The Balaban J connectivity index is 1.81. The molecular weight excluding hydrogens is 208 g/mol. The smallest absolute Gasteiger partial charge is 0.119 e. The largest absolute Gasteiger partial charge is 0.508 e. The third-order valence-electron chi connectivity index (χ3n) is 2.03. The Hall–Kier alpha value is -1.48. The van der Waals surface area contributed by atoms with Crippen LogP contribution >= 0.6 is 11.3 Å². The van der Waals surface area contributed by atoms with Gasteiger partial charge in [0.2, 0.25) is 0 Å². The van der Waals surface area contributed by atoms with Crippen molar-refractivity contribution in [2.45, 2.75) is 6.42 Å². The molecule has 0 atom stereocenters. The first-order valence-electron chi connectivity index (χ1n) is 4.79. The second kappa shape index (κ2) is 4.84. The predicted molar refractivity (Wildman–Crippen MR) is 61.6 cm³/mol. The molecule has 1 aromatic carbocycles. The van der Waals surface area contributed by atoms with Crippen molar-refractivity contribution in [3.05, 3.63) is 46.7 Å². The van der Waals surface area contributed by atoms with Gasteiger partial charge in [0, 0.05) is 11.3 Å². The molecule has 0 aliphatic rings. The van der Waals surface area contributed by atoms with Gasteiger partial charge in [-0.3, -0.25) is 0 Å². The number of hydrogen-bond donors (Lipinski definition) is 1. The fourth-order valence-electron chi connectivity index (χ4n) is 1.27. The van der Waals surface area contributed by atoms with E-state index in [1.54, 1.807) is 35.6 Å². The van der Waals surface area contributed by atoms with E-state index in [0.717, 1.165) is 12.2 Å². The summed E-state index contributed by atoms with van der Waals surface area (Å²) in [5, 5.41) is 11.1. The number of aromatic hydroxyl groups is 1. The molecule has 1 aromatic heterocycles. The van der Waals surface area contributed by atoms with Gasteiger partial charge < -0.3 is 9.84 Å². The molecule has 15 heavy (non-hydrogen) atoms. The summed E-state index contributed by atoms with van der Waals surface area (Å²) in [6, 6.07) is 10.9. The van der Waals surface area contributed by atoms with Crippen LogP contribution < -0.4 is 4.74 Å². The molecule has 2 rings (SSSR count). The average Bonchev–Trinajstić information content (AvgIpc) is 2.74. The van der Waals surface area contributed by atoms with Crippen LogP contribution in [-0.4, -0.2) is 11.7 Å². The van der Waals surface area contributed by atoms with Crippen LogP contribution in [0, 0.1) is 0 Å². The molecule has 1 heterocycles. The maximum Gasteiger partial charge on any atom is 0.119 e. The quantitative estimate of drug-likeness (QED) is 0.858. The number of phenolic OH excluding ortho intramolecular Hbond substituents is 1. The molecule has 1 N–H and O–H groups in total. The molecule has 0 spiro atoms. The monoisotopic (exact) mass is 220 g/mol. The van der Waals surface area contributed by atoms with Crippen molar-refractivity contribution in [3.63, 3.8) is 0 Å². The van der Waals surface area contributed by atoms with Gasteiger partial charge >= 0.3 is 0 Å². The summed E-state index contributed by atoms with van der Waals surface area (Å²) in [6.07, 6.45) is 0.929. The van der Waals surface area contributed by atoms with Gasteiger partial charge in [-0.25, -0.2) is 0 Å². The standard InChI is InChI=1S/C12H12O2S/c13-10-3-5-11(6-4-10)14-8-7-12-2-1-9-15-12/h1-6,9,13H,7-8H2. The summed E-state index contributed by atoms with van der Waals surface area (Å²) in [4.78, 5) is 1.33. The Morgan fingerprint density at radius 2 is 1.93 bits per heavy atom. The minimum Gasteiger partial charge on any atom is -0.508 e. The highest BCUT2D eigenvalue weighted by Crippen LogP contribution is 2.16. The Labute approximate surface area is 92.8 Å². The van der Waals surface area contributed by atoms with Gasteiger partial charge in [-0.2, -0.15) is 0 Å². The summed E-state index contributed by atoms with van der Waals surface area (Å²) < 4.78 is 5.53. The average molecular weight is 220 g/mol. The first kappa shape index (κ1) is 10.1. The van der Waals surface area contributed by atoms with Crippen molar-refractivity contribution in [1.29, 1.82) is 0 Å². The summed E-state index contributed by atoms with van der Waals surface area (Å²) in [6.45, 7) is 0.672. The van der Waals surface area contributed by atoms with E-state index in [9.17, 15) is 0 Å². The van der Waals surface area contributed by atoms with Crippen molar-refractivity contribution in [2.24, 2.45) is 0 Å². The van der Waals surface area contributed by atoms with Crippen molar-refractivity contribution < 1.29 is 9.84 Å². The van der Waals surface area contributed by atoms with Crippen LogP contribution in [0.1, 0.15) is 4.88 Å². The Morgan fingerprint density at radius 1 is 1.13 bits per heavy atom. The molecule has 2 nitrogen and oxygen atoms in total. The van der Waals surface area contributed by atoms with Crippen LogP contribution in [0.5, 0.6) is 11.5 Å². The summed E-state index contributed by atoms with van der Waals surface area (Å²) in [7, 11) is 0. The zero-order valence-electron chi connectivity index (χ0n) is 8.22. The summed E-state index contributed by atoms with van der Waals surface area (Å²) in [5.41, 5.74) is 0. The van der Waals surface area contributed by atoms with Gasteiger partial charge in [0.1, 0.15) is 11.5 Å². The van der Waals surface area contributed by atoms with Crippen LogP contribution in [-0.2, 0) is 6.42 Å². The highest BCUT2D eigenvalue weighted by atomic mass is 32.1. The maximum absolute atomic E-state index is 9.08. The zero-order valence-corrected chi connectivity index (χ0v) is 9.04. The molecule has 3 heteroatoms. The molecule has 0 aliphatic carbocycles. The Bertz CT molecular complexity index is 392. The van der Waals surface area contributed by atoms with Crippen LogP contribution in [0.4, 0.5) is 0 Å². The van der Waals surface area contributed by atoms with Gasteiger partial charge in [-0.05, 0) is 35.7 Å². The lowest BCUT2D eigenvalue weighted by molar-refractivity contribution is 0.322. The van der Waals surface area contributed by atoms with Crippen molar-refractivity contribution in [1.82, 2.24) is 0 Å². The second-order valence-corrected chi connectivity index (χ2v) is 4.20. The third-order valence-corrected chi connectivity index (χ3v) is 2.97. The van der Waals surface area contributed by atoms with Gasteiger partial charge in [0.15, 0.2) is 0 Å². The van der Waals surface area contributed by atoms with E-state index < -0.39 is 0 Å². The number of ether oxygens (including phenoxy) is 1. The van der Waals surface area contributed by atoms with E-state index in [1.165, 1.54) is 4.88 Å². The normalized spacial score (nSPS) is 10.1. The van der Waals surface area contributed by atoms with Crippen LogP contribution in [0.3, 0.4) is 0 Å². The predicted octanol–water partition coefficient (Wildman–Crippen LogP) is 3.08. The van der Waals surface area contributed by atoms with E-state index in [1.807, 2.05) is 6.07 Å². The van der Waals surface area contributed by atoms with Crippen molar-refractivity contribution in [3.8, 4) is 11.5 Å². The highest BCUT2D eigenvalue weighted by Gasteiger charge is 1.96. The van der Waals surface area contributed by atoms with Gasteiger partial charge in [0.05, 0.1) is 6.61 Å². The molecule has 0 aliphatic heterocycles. The molecule has 0 unspecified atom stereocenters. The molecular formula is C12H12O2S. The molecule has 0 bridgehead atoms. The van der Waals surface area contributed by atoms with Crippen molar-refractivity contribution >= 4 is 11.3 Å². The third kappa shape index (κ3) is 2.99. The first-order chi connectivity index (χ1) is 7.34. The van der Waals surface area contributed by atoms with E-state index in [-0.39, 0.29) is 5.75 Å². The fraction of sp³-hybridized carbons (Fsp3) is 0.167. The first-order valence-corrected chi connectivity index (χ1v) is 5.67. The van der Waals surface area contributed by atoms with Gasteiger partial charge in [0.25, 0.3) is 0 Å². The Kier molecular flexibility index (Phi) is 3.25. The van der Waals surface area contributed by atoms with Gasteiger partial charge in [-0.15, -0.1) is 11.3 Å². The van der Waals surface area contributed by atoms with Crippen LogP contribution in [0.25, 0.3) is 0 Å². The lowest BCUT2D eigenvalue weighted by atomic mass is 10.3. The van der Waals surface area contributed by atoms with Gasteiger partial charge in [-0.1, -0.05) is 6.07 Å². The zero-order chi connectivity index (χ0) is 10.5. The van der Waals surface area contributed by atoms with E-state index in [2.05, 4.69) is 11.4 Å². The molecule has 0 radical (unpaired) electrons. The minimum absolute atomic E-state index is 0.264. The Morgan fingerprint density at radius 3 is 2.60 bits per heavy atom. The minimum atomic E-state index is 0.264. The summed E-state index contributed by atoms with van der Waals surface area (Å²) in [5.74, 6) is 1.06. The van der Waals surface area contributed by atoms with E-state index >= 15 is 0 Å². The molecule has 2 aromatic rings. The topological polar surface area (TPSA) is 29.5 Å². The molecule has 0 amide bonds. The number of rotatable bonds is 4. The molecule has 0 saturated carbocycles. The fourth-order valence-corrected chi connectivity index (χ4v) is 1.96. The molecule has 0 saturated heterocycles. The number of phenols is 1. The molecule has 78 valence electrons. The molecule has 0 fully saturated rings. The number of thiophene rings is 1. The van der Waals surface area contributed by atoms with E-state index in [0.29, 0.717) is 6.61 Å². The lowest BCUT2D eigenvalue weighted by Crippen LogP contribution is -1.99.